The van der Waals surface area contributed by atoms with E-state index in [0.717, 1.165) is 34.5 Å². The van der Waals surface area contributed by atoms with Crippen molar-refractivity contribution in [1.82, 2.24) is 14.7 Å². The molecule has 8 heteroatoms. The van der Waals surface area contributed by atoms with Crippen molar-refractivity contribution in [2.75, 3.05) is 18.0 Å². The molecule has 158 valence electrons. The molecule has 3 aromatic rings. The topological polar surface area (TPSA) is 84.3 Å². The minimum Gasteiger partial charge on any atom is -0.337 e. The lowest BCUT2D eigenvalue weighted by molar-refractivity contribution is 0.0785. The Balaban J connectivity index is 1.85. The Kier molecular flexibility index (Phi) is 5.98. The number of hydrogen-bond donors (Lipinski definition) is 1. The van der Waals surface area contributed by atoms with E-state index in [1.807, 2.05) is 48.9 Å². The molecular formula is C22H26N4O3S. The van der Waals surface area contributed by atoms with Crippen molar-refractivity contribution in [3.8, 4) is 5.69 Å². The number of aryl methyl sites for hydroxylation is 2. The molecule has 0 radical (unpaired) electrons. The number of aromatic nitrogens is 2. The number of nitrogens with zero attached hydrogens (tertiary/aromatic N) is 3. The highest BCUT2D eigenvalue weighted by Crippen LogP contribution is 2.22. The van der Waals surface area contributed by atoms with Crippen LogP contribution in [0.25, 0.3) is 5.69 Å². The van der Waals surface area contributed by atoms with Gasteiger partial charge in [0.1, 0.15) is 0 Å². The zero-order chi connectivity index (χ0) is 22.1. The van der Waals surface area contributed by atoms with Crippen LogP contribution >= 0.6 is 0 Å². The lowest BCUT2D eigenvalue weighted by Gasteiger charge is -2.19. The largest absolute Gasteiger partial charge is 0.337 e. The molecule has 3 rings (SSSR count). The summed E-state index contributed by atoms with van der Waals surface area (Å²) in [5.41, 5.74) is 5.35. The summed E-state index contributed by atoms with van der Waals surface area (Å²) in [6.45, 7) is 6.10. The van der Waals surface area contributed by atoms with Gasteiger partial charge < -0.3 is 4.90 Å². The van der Waals surface area contributed by atoms with Gasteiger partial charge in [0, 0.05) is 30.4 Å². The molecule has 1 aromatic heterocycles. The normalized spacial score (nSPS) is 11.4. The molecule has 0 unspecified atom stereocenters. The Bertz CT molecular complexity index is 1180. The average molecular weight is 427 g/mol. The minimum atomic E-state index is -3.43. The Morgan fingerprint density at radius 3 is 2.40 bits per heavy atom. The van der Waals surface area contributed by atoms with Gasteiger partial charge in [-0.05, 0) is 50.6 Å². The van der Waals surface area contributed by atoms with Crippen LogP contribution in [-0.2, 0) is 16.6 Å². The first-order chi connectivity index (χ1) is 14.1. The SMILES string of the molecule is Cc1ccc(C(=O)N(C)Cc2c(C)nn(-c3ccccc3)c2C)cc1NS(C)(=O)=O. The standard InChI is InChI=1S/C22H26N4O3S/c1-15-11-12-18(13-21(15)24-30(5,28)29)22(27)25(4)14-20-16(2)23-26(17(20)3)19-9-7-6-8-10-19/h6-13,24H,14H2,1-5H3. The number of sulfonamides is 1. The summed E-state index contributed by atoms with van der Waals surface area (Å²) >= 11 is 0. The van der Waals surface area contributed by atoms with Gasteiger partial charge in [-0.1, -0.05) is 24.3 Å². The molecule has 0 bridgehead atoms. The second-order valence-electron chi connectivity index (χ2n) is 7.46. The fourth-order valence-corrected chi connectivity index (χ4v) is 3.94. The van der Waals surface area contributed by atoms with E-state index in [1.54, 1.807) is 37.1 Å². The van der Waals surface area contributed by atoms with Crippen LogP contribution < -0.4 is 4.72 Å². The fourth-order valence-electron chi connectivity index (χ4n) is 3.32. The van der Waals surface area contributed by atoms with E-state index < -0.39 is 10.0 Å². The molecule has 1 heterocycles. The quantitative estimate of drug-likeness (QED) is 0.654. The molecule has 0 fully saturated rings. The molecule has 30 heavy (non-hydrogen) atoms. The molecule has 1 amide bonds. The second-order valence-corrected chi connectivity index (χ2v) is 9.21. The van der Waals surface area contributed by atoms with E-state index in [9.17, 15) is 13.2 Å². The van der Waals surface area contributed by atoms with Crippen LogP contribution in [0.3, 0.4) is 0 Å². The summed E-state index contributed by atoms with van der Waals surface area (Å²) < 4.78 is 27.5. The van der Waals surface area contributed by atoms with Crippen molar-refractivity contribution in [3.63, 3.8) is 0 Å². The predicted octanol–water partition coefficient (Wildman–Crippen LogP) is 3.44. The molecule has 2 aromatic carbocycles. The van der Waals surface area contributed by atoms with Gasteiger partial charge in [0.25, 0.3) is 5.91 Å². The molecule has 0 aliphatic heterocycles. The zero-order valence-electron chi connectivity index (χ0n) is 17.8. The van der Waals surface area contributed by atoms with Gasteiger partial charge in [0.15, 0.2) is 0 Å². The van der Waals surface area contributed by atoms with Crippen molar-refractivity contribution >= 4 is 21.6 Å². The van der Waals surface area contributed by atoms with Gasteiger partial charge in [-0.15, -0.1) is 0 Å². The van der Waals surface area contributed by atoms with Gasteiger partial charge >= 0.3 is 0 Å². The number of benzene rings is 2. The second kappa shape index (κ2) is 8.31. The number of rotatable bonds is 6. The summed E-state index contributed by atoms with van der Waals surface area (Å²) in [4.78, 5) is 14.6. The maximum atomic E-state index is 13.0. The van der Waals surface area contributed by atoms with E-state index in [1.165, 1.54) is 0 Å². The molecule has 0 atom stereocenters. The fraction of sp³-hybridized carbons (Fsp3) is 0.273. The van der Waals surface area contributed by atoms with Crippen LogP contribution in [0.2, 0.25) is 0 Å². The molecule has 1 N–H and O–H groups in total. The smallest absolute Gasteiger partial charge is 0.253 e. The summed E-state index contributed by atoms with van der Waals surface area (Å²) in [5, 5.41) is 4.63. The van der Waals surface area contributed by atoms with Crippen LogP contribution in [0.1, 0.15) is 32.9 Å². The molecule has 0 aliphatic rings. The van der Waals surface area contributed by atoms with E-state index in [2.05, 4.69) is 9.82 Å². The van der Waals surface area contributed by atoms with Crippen molar-refractivity contribution in [3.05, 3.63) is 76.6 Å². The Morgan fingerprint density at radius 2 is 1.77 bits per heavy atom. The van der Waals surface area contributed by atoms with Crippen LogP contribution in [0.15, 0.2) is 48.5 Å². The van der Waals surface area contributed by atoms with E-state index in [-0.39, 0.29) is 5.91 Å². The Morgan fingerprint density at radius 1 is 1.10 bits per heavy atom. The highest BCUT2D eigenvalue weighted by atomic mass is 32.2. The molecule has 0 spiro atoms. The average Bonchev–Trinajstić information content (AvgIpc) is 2.97. The van der Waals surface area contributed by atoms with E-state index >= 15 is 0 Å². The number of nitrogens with one attached hydrogen (secondary N) is 1. The first-order valence-electron chi connectivity index (χ1n) is 9.51. The third kappa shape index (κ3) is 4.71. The molecule has 0 aliphatic carbocycles. The van der Waals surface area contributed by atoms with Gasteiger partial charge in [-0.25, -0.2) is 13.1 Å². The van der Waals surface area contributed by atoms with Crippen molar-refractivity contribution < 1.29 is 13.2 Å². The molecule has 7 nitrogen and oxygen atoms in total. The summed E-state index contributed by atoms with van der Waals surface area (Å²) in [6, 6.07) is 14.9. The van der Waals surface area contributed by atoms with Crippen molar-refractivity contribution in [2.24, 2.45) is 0 Å². The number of para-hydroxylation sites is 1. The van der Waals surface area contributed by atoms with Gasteiger partial charge in [-0.2, -0.15) is 5.10 Å². The number of carbonyl (C=O) groups is 1. The van der Waals surface area contributed by atoms with Crippen molar-refractivity contribution in [2.45, 2.75) is 27.3 Å². The highest BCUT2D eigenvalue weighted by Gasteiger charge is 2.19. The Hall–Kier alpha value is -3.13. The first kappa shape index (κ1) is 21.6. The van der Waals surface area contributed by atoms with Crippen LogP contribution in [0.4, 0.5) is 5.69 Å². The molecular weight excluding hydrogens is 400 g/mol. The maximum absolute atomic E-state index is 13.0. The van der Waals surface area contributed by atoms with Crippen LogP contribution in [-0.4, -0.2) is 42.3 Å². The van der Waals surface area contributed by atoms with Crippen molar-refractivity contribution in [1.29, 1.82) is 0 Å². The summed E-state index contributed by atoms with van der Waals surface area (Å²) in [6.07, 6.45) is 1.09. The minimum absolute atomic E-state index is 0.196. The maximum Gasteiger partial charge on any atom is 0.253 e. The van der Waals surface area contributed by atoms with Crippen LogP contribution in [0, 0.1) is 20.8 Å². The van der Waals surface area contributed by atoms with Crippen LogP contribution in [0.5, 0.6) is 0 Å². The van der Waals surface area contributed by atoms with E-state index in [4.69, 9.17) is 0 Å². The summed E-state index contributed by atoms with van der Waals surface area (Å²) in [5.74, 6) is -0.196. The molecule has 0 saturated carbocycles. The third-order valence-electron chi connectivity index (χ3n) is 4.96. The monoisotopic (exact) mass is 426 g/mol. The summed E-state index contributed by atoms with van der Waals surface area (Å²) in [7, 11) is -1.70. The van der Waals surface area contributed by atoms with E-state index in [0.29, 0.717) is 17.8 Å². The number of carbonyl (C=O) groups excluding carboxylic acids is 1. The third-order valence-corrected chi connectivity index (χ3v) is 5.55. The lowest BCUT2D eigenvalue weighted by Crippen LogP contribution is -2.27. The predicted molar refractivity (Wildman–Crippen MR) is 118 cm³/mol. The van der Waals surface area contributed by atoms with Gasteiger partial charge in [-0.3, -0.25) is 9.52 Å². The molecule has 0 saturated heterocycles. The lowest BCUT2D eigenvalue weighted by atomic mass is 10.1. The number of anilines is 1. The Labute approximate surface area is 177 Å². The van der Waals surface area contributed by atoms with Gasteiger partial charge in [0.05, 0.1) is 23.3 Å². The zero-order valence-corrected chi connectivity index (χ0v) is 18.6. The highest BCUT2D eigenvalue weighted by molar-refractivity contribution is 7.92. The van der Waals surface area contributed by atoms with Gasteiger partial charge in [0.2, 0.25) is 10.0 Å². The first-order valence-corrected chi connectivity index (χ1v) is 11.4. The number of hydrogen-bond acceptors (Lipinski definition) is 4. The number of amides is 1.